The number of hydrogen-bond donors (Lipinski definition) is 2. The number of nitrogens with one attached hydrogen (secondary N) is 1. The predicted octanol–water partition coefficient (Wildman–Crippen LogP) is 2.11. The highest BCUT2D eigenvalue weighted by atomic mass is 35.5. The van der Waals surface area contributed by atoms with Gasteiger partial charge in [0.05, 0.1) is 6.61 Å². The smallest absolute Gasteiger partial charge is 0.224 e. The molecule has 0 aliphatic rings. The minimum atomic E-state index is -0.191. The zero-order chi connectivity index (χ0) is 13.5. The molecule has 0 aromatic heterocycles. The number of amides is 1. The highest BCUT2D eigenvalue weighted by Gasteiger charge is 2.16. The molecule has 0 radical (unpaired) electrons. The van der Waals surface area contributed by atoms with Gasteiger partial charge in [-0.15, -0.1) is 12.4 Å². The summed E-state index contributed by atoms with van der Waals surface area (Å²) < 4.78 is 5.50. The molecule has 0 heterocycles. The van der Waals surface area contributed by atoms with Gasteiger partial charge in [-0.3, -0.25) is 4.79 Å². The number of rotatable bonds is 6. The van der Waals surface area contributed by atoms with Crippen molar-refractivity contribution in [2.24, 2.45) is 11.7 Å². The molecule has 19 heavy (non-hydrogen) atoms. The molecule has 0 fully saturated rings. The van der Waals surface area contributed by atoms with E-state index in [9.17, 15) is 4.79 Å². The molecule has 0 bridgehead atoms. The summed E-state index contributed by atoms with van der Waals surface area (Å²) in [5.74, 6) is 0.592. The number of benzene rings is 1. The van der Waals surface area contributed by atoms with Gasteiger partial charge in [0.15, 0.2) is 0 Å². The second kappa shape index (κ2) is 8.77. The summed E-state index contributed by atoms with van der Waals surface area (Å²) >= 11 is 0. The number of nitrogens with two attached hydrogens (primary N) is 1. The molecule has 1 aromatic rings. The molecule has 3 N–H and O–H groups in total. The van der Waals surface area contributed by atoms with Crippen molar-refractivity contribution in [1.29, 1.82) is 0 Å². The Morgan fingerprint density at radius 2 is 2.00 bits per heavy atom. The maximum Gasteiger partial charge on any atom is 0.224 e. The number of halogens is 1. The molecule has 108 valence electrons. The van der Waals surface area contributed by atoms with Crippen LogP contribution in [0, 0.1) is 5.92 Å². The van der Waals surface area contributed by atoms with Crippen LogP contribution in [-0.2, 0) is 11.3 Å². The lowest BCUT2D eigenvalue weighted by molar-refractivity contribution is -0.125. The molecule has 1 aromatic carbocycles. The third-order valence-corrected chi connectivity index (χ3v) is 2.93. The van der Waals surface area contributed by atoms with E-state index >= 15 is 0 Å². The normalized spacial score (nSPS) is 13.1. The van der Waals surface area contributed by atoms with Gasteiger partial charge in [0.2, 0.25) is 5.91 Å². The van der Waals surface area contributed by atoms with Crippen molar-refractivity contribution in [2.75, 3.05) is 6.61 Å². The first-order valence-corrected chi connectivity index (χ1v) is 6.30. The molecule has 0 saturated heterocycles. The Balaban J connectivity index is 0.00000324. The standard InChI is InChI=1S/C14H22N2O2.ClH/c1-4-18-13-8-6-5-7-12(13)9-16-14(17)10(2)11(3)15;/h5-8,10-11H,4,9,15H2,1-3H3,(H,16,17);1H. The van der Waals surface area contributed by atoms with E-state index in [0.717, 1.165) is 11.3 Å². The van der Waals surface area contributed by atoms with Crippen LogP contribution in [0.2, 0.25) is 0 Å². The van der Waals surface area contributed by atoms with Crippen molar-refractivity contribution in [3.63, 3.8) is 0 Å². The summed E-state index contributed by atoms with van der Waals surface area (Å²) in [4.78, 5) is 11.8. The van der Waals surface area contributed by atoms with E-state index in [4.69, 9.17) is 10.5 Å². The Labute approximate surface area is 121 Å². The minimum Gasteiger partial charge on any atom is -0.494 e. The van der Waals surface area contributed by atoms with Gasteiger partial charge in [0.25, 0.3) is 0 Å². The van der Waals surface area contributed by atoms with E-state index in [0.29, 0.717) is 13.2 Å². The average molecular weight is 287 g/mol. The third-order valence-electron chi connectivity index (χ3n) is 2.93. The van der Waals surface area contributed by atoms with Crippen molar-refractivity contribution in [1.82, 2.24) is 5.32 Å². The highest BCUT2D eigenvalue weighted by Crippen LogP contribution is 2.17. The fourth-order valence-corrected chi connectivity index (χ4v) is 1.53. The zero-order valence-corrected chi connectivity index (χ0v) is 12.5. The van der Waals surface area contributed by atoms with Crippen LogP contribution in [0.5, 0.6) is 5.75 Å². The van der Waals surface area contributed by atoms with E-state index in [-0.39, 0.29) is 30.3 Å². The SMILES string of the molecule is CCOc1ccccc1CNC(=O)C(C)C(C)N.Cl. The van der Waals surface area contributed by atoms with Crippen LogP contribution in [0.3, 0.4) is 0 Å². The largest absolute Gasteiger partial charge is 0.494 e. The Morgan fingerprint density at radius 1 is 1.37 bits per heavy atom. The van der Waals surface area contributed by atoms with Crippen LogP contribution in [0.25, 0.3) is 0 Å². The first kappa shape index (κ1) is 17.7. The Hall–Kier alpha value is -1.26. The molecule has 0 aliphatic carbocycles. The maximum absolute atomic E-state index is 11.8. The van der Waals surface area contributed by atoms with Crippen LogP contribution in [-0.4, -0.2) is 18.6 Å². The minimum absolute atomic E-state index is 0. The van der Waals surface area contributed by atoms with E-state index in [1.165, 1.54) is 0 Å². The van der Waals surface area contributed by atoms with Gasteiger partial charge in [-0.2, -0.15) is 0 Å². The van der Waals surface area contributed by atoms with Crippen LogP contribution >= 0.6 is 12.4 Å². The van der Waals surface area contributed by atoms with Crippen molar-refractivity contribution in [2.45, 2.75) is 33.4 Å². The fourth-order valence-electron chi connectivity index (χ4n) is 1.53. The first-order chi connectivity index (χ1) is 8.56. The van der Waals surface area contributed by atoms with Gasteiger partial charge in [-0.25, -0.2) is 0 Å². The zero-order valence-electron chi connectivity index (χ0n) is 11.7. The maximum atomic E-state index is 11.8. The topological polar surface area (TPSA) is 64.3 Å². The average Bonchev–Trinajstić information content (AvgIpc) is 2.36. The molecular formula is C14H23ClN2O2. The molecule has 0 spiro atoms. The van der Waals surface area contributed by atoms with Crippen LogP contribution in [0.4, 0.5) is 0 Å². The predicted molar refractivity (Wildman–Crippen MR) is 79.5 cm³/mol. The Morgan fingerprint density at radius 3 is 2.58 bits per heavy atom. The number of carbonyl (C=O) groups is 1. The Bertz CT molecular complexity index is 397. The Kier molecular flexibility index (Phi) is 8.19. The van der Waals surface area contributed by atoms with Crippen molar-refractivity contribution in [3.8, 4) is 5.75 Å². The molecular weight excluding hydrogens is 264 g/mol. The van der Waals surface area contributed by atoms with Gasteiger partial charge in [0.1, 0.15) is 5.75 Å². The van der Waals surface area contributed by atoms with Crippen LogP contribution < -0.4 is 15.8 Å². The molecule has 4 nitrogen and oxygen atoms in total. The van der Waals surface area contributed by atoms with Crippen LogP contribution in [0.15, 0.2) is 24.3 Å². The molecule has 1 rings (SSSR count). The summed E-state index contributed by atoms with van der Waals surface area (Å²) in [6.07, 6.45) is 0. The monoisotopic (exact) mass is 286 g/mol. The lowest BCUT2D eigenvalue weighted by Gasteiger charge is -2.16. The first-order valence-electron chi connectivity index (χ1n) is 6.30. The number of carbonyl (C=O) groups excluding carboxylic acids is 1. The summed E-state index contributed by atoms with van der Waals surface area (Å²) in [5.41, 5.74) is 6.67. The molecule has 2 atom stereocenters. The van der Waals surface area contributed by atoms with Crippen molar-refractivity contribution >= 4 is 18.3 Å². The van der Waals surface area contributed by atoms with E-state index in [1.54, 1.807) is 0 Å². The lowest BCUT2D eigenvalue weighted by atomic mass is 10.0. The van der Waals surface area contributed by atoms with Crippen LogP contribution in [0.1, 0.15) is 26.3 Å². The summed E-state index contributed by atoms with van der Waals surface area (Å²) in [7, 11) is 0. The number of ether oxygens (including phenoxy) is 1. The van der Waals surface area contributed by atoms with Gasteiger partial charge >= 0.3 is 0 Å². The molecule has 0 aliphatic heterocycles. The van der Waals surface area contributed by atoms with E-state index in [2.05, 4.69) is 5.32 Å². The second-order valence-electron chi connectivity index (χ2n) is 4.41. The van der Waals surface area contributed by atoms with Gasteiger partial charge in [-0.05, 0) is 19.9 Å². The third kappa shape index (κ3) is 5.49. The molecule has 1 amide bonds. The quantitative estimate of drug-likeness (QED) is 0.842. The lowest BCUT2D eigenvalue weighted by Crippen LogP contribution is -2.38. The summed E-state index contributed by atoms with van der Waals surface area (Å²) in [6, 6.07) is 7.55. The number of para-hydroxylation sites is 1. The van der Waals surface area contributed by atoms with E-state index < -0.39 is 0 Å². The van der Waals surface area contributed by atoms with Crippen molar-refractivity contribution in [3.05, 3.63) is 29.8 Å². The molecule has 5 heteroatoms. The van der Waals surface area contributed by atoms with Gasteiger partial charge in [0, 0.05) is 24.1 Å². The summed E-state index contributed by atoms with van der Waals surface area (Å²) in [6.45, 7) is 6.67. The van der Waals surface area contributed by atoms with Crippen molar-refractivity contribution < 1.29 is 9.53 Å². The summed E-state index contributed by atoms with van der Waals surface area (Å²) in [5, 5.41) is 2.88. The van der Waals surface area contributed by atoms with Gasteiger partial charge < -0.3 is 15.8 Å². The van der Waals surface area contributed by atoms with E-state index in [1.807, 2.05) is 45.0 Å². The van der Waals surface area contributed by atoms with Gasteiger partial charge in [-0.1, -0.05) is 25.1 Å². The second-order valence-corrected chi connectivity index (χ2v) is 4.41. The number of hydrogen-bond acceptors (Lipinski definition) is 3. The molecule has 2 unspecified atom stereocenters. The highest BCUT2D eigenvalue weighted by molar-refractivity contribution is 5.85. The fraction of sp³-hybridized carbons (Fsp3) is 0.500. The molecule has 0 saturated carbocycles.